The molecule has 0 saturated carbocycles. The molecular weight excluding hydrogens is 400 g/mol. The summed E-state index contributed by atoms with van der Waals surface area (Å²) in [5, 5.41) is 3.11. The summed E-state index contributed by atoms with van der Waals surface area (Å²) in [5.41, 5.74) is 1.16. The largest absolute Gasteiger partial charge is 0.457 e. The van der Waals surface area contributed by atoms with Gasteiger partial charge >= 0.3 is 0 Å². The highest BCUT2D eigenvalue weighted by atomic mass is 79.9. The van der Waals surface area contributed by atoms with Crippen molar-refractivity contribution in [3.63, 3.8) is 0 Å². The van der Waals surface area contributed by atoms with Gasteiger partial charge in [0.15, 0.2) is 0 Å². The minimum atomic E-state index is 0.00895. The summed E-state index contributed by atoms with van der Waals surface area (Å²) in [4.78, 5) is 14.5. The first-order valence-corrected chi connectivity index (χ1v) is 10.3. The van der Waals surface area contributed by atoms with Crippen LogP contribution in [-0.2, 0) is 4.79 Å². The van der Waals surface area contributed by atoms with E-state index in [1.54, 1.807) is 11.8 Å². The molecule has 1 amide bonds. The van der Waals surface area contributed by atoms with E-state index in [4.69, 9.17) is 4.42 Å². The van der Waals surface area contributed by atoms with Crippen LogP contribution >= 0.6 is 27.7 Å². The van der Waals surface area contributed by atoms with Crippen molar-refractivity contribution in [2.24, 2.45) is 0 Å². The molecule has 2 aliphatic rings. The average molecular weight is 420 g/mol. The topological polar surface area (TPSA) is 46.7 Å². The zero-order valence-electron chi connectivity index (χ0n) is 13.8. The summed E-state index contributed by atoms with van der Waals surface area (Å²) in [7, 11) is 0. The lowest BCUT2D eigenvalue weighted by Gasteiger charge is -2.27. The average Bonchev–Trinajstić information content (AvgIpc) is 3.24. The zero-order chi connectivity index (χ0) is 17.2. The molecule has 1 aromatic heterocycles. The van der Waals surface area contributed by atoms with Crippen LogP contribution in [0.25, 0.3) is 17.4 Å². The number of likely N-dealkylation sites (tertiary alicyclic amines) is 1. The molecule has 130 valence electrons. The van der Waals surface area contributed by atoms with Gasteiger partial charge in [0, 0.05) is 16.1 Å². The monoisotopic (exact) mass is 419 g/mol. The number of nitrogens with one attached hydrogen (secondary N) is 2. The van der Waals surface area contributed by atoms with Gasteiger partial charge in [-0.2, -0.15) is 0 Å². The third-order valence-corrected chi connectivity index (χ3v) is 6.40. The highest BCUT2D eigenvalue weighted by molar-refractivity contribution is 9.10. The Hall–Kier alpha value is -1.50. The van der Waals surface area contributed by atoms with Gasteiger partial charge in [0.05, 0.1) is 18.0 Å². The van der Waals surface area contributed by atoms with Crippen LogP contribution < -0.4 is 10.2 Å². The van der Waals surface area contributed by atoms with Gasteiger partial charge in [-0.05, 0) is 55.3 Å². The molecule has 25 heavy (non-hydrogen) atoms. The Kier molecular flexibility index (Phi) is 5.01. The summed E-state index contributed by atoms with van der Waals surface area (Å²) < 4.78 is 6.95. The molecule has 0 radical (unpaired) electrons. The Bertz CT molecular complexity index is 794. The van der Waals surface area contributed by atoms with Crippen LogP contribution in [0.2, 0.25) is 0 Å². The second kappa shape index (κ2) is 7.40. The molecule has 4 rings (SSSR count). The minimum Gasteiger partial charge on any atom is -0.457 e. The van der Waals surface area contributed by atoms with Gasteiger partial charge in [-0.25, -0.2) is 0 Å². The molecule has 1 aromatic carbocycles. The summed E-state index contributed by atoms with van der Waals surface area (Å²) in [6.07, 6.45) is 5.65. The second-order valence-corrected chi connectivity index (χ2v) is 8.47. The lowest BCUT2D eigenvalue weighted by atomic mass is 10.1. The van der Waals surface area contributed by atoms with Crippen LogP contribution in [-0.4, -0.2) is 24.5 Å². The highest BCUT2D eigenvalue weighted by Crippen LogP contribution is 2.29. The Balaban J connectivity index is 1.49. The number of carbonyl (C=O) groups excluding carboxylic acids is 1. The fraction of sp³-hybridized carbons (Fsp3) is 0.316. The number of halogens is 1. The van der Waals surface area contributed by atoms with Crippen molar-refractivity contribution in [1.82, 2.24) is 5.32 Å². The molecule has 0 aliphatic carbocycles. The van der Waals surface area contributed by atoms with Crippen molar-refractivity contribution in [3.8, 4) is 11.3 Å². The molecule has 2 fully saturated rings. The summed E-state index contributed by atoms with van der Waals surface area (Å²) in [6.45, 7) is 2.28. The maximum absolute atomic E-state index is 12.3. The Morgan fingerprint density at radius 2 is 1.88 bits per heavy atom. The van der Waals surface area contributed by atoms with Crippen LogP contribution in [0.3, 0.4) is 0 Å². The van der Waals surface area contributed by atoms with Gasteiger partial charge in [-0.3, -0.25) is 10.1 Å². The molecule has 4 nitrogen and oxygen atoms in total. The minimum absolute atomic E-state index is 0.00895. The van der Waals surface area contributed by atoms with Gasteiger partial charge < -0.3 is 9.32 Å². The number of hydrogen-bond donors (Lipinski definition) is 2. The van der Waals surface area contributed by atoms with E-state index in [2.05, 4.69) is 21.2 Å². The lowest BCUT2D eigenvalue weighted by Crippen LogP contribution is -3.17. The first-order chi connectivity index (χ1) is 12.2. The number of rotatable bonds is 3. The van der Waals surface area contributed by atoms with Crippen LogP contribution in [0.1, 0.15) is 25.0 Å². The molecule has 0 spiro atoms. The Labute approximate surface area is 159 Å². The quantitative estimate of drug-likeness (QED) is 0.750. The molecule has 2 aromatic rings. The van der Waals surface area contributed by atoms with Crippen molar-refractivity contribution < 1.29 is 14.1 Å². The van der Waals surface area contributed by atoms with E-state index in [0.717, 1.165) is 33.8 Å². The first kappa shape index (κ1) is 16.9. The number of piperidine rings is 1. The smallest absolute Gasteiger partial charge is 0.263 e. The zero-order valence-corrected chi connectivity index (χ0v) is 16.2. The number of hydrogen-bond acceptors (Lipinski definition) is 3. The molecule has 0 bridgehead atoms. The van der Waals surface area contributed by atoms with E-state index in [1.165, 1.54) is 24.2 Å². The van der Waals surface area contributed by atoms with Crippen molar-refractivity contribution >= 4 is 39.7 Å². The van der Waals surface area contributed by atoms with Crippen molar-refractivity contribution in [3.05, 3.63) is 51.5 Å². The number of furan rings is 1. The Morgan fingerprint density at radius 3 is 2.64 bits per heavy atom. The lowest BCUT2D eigenvalue weighted by molar-refractivity contribution is -0.916. The van der Waals surface area contributed by atoms with E-state index >= 15 is 0 Å². The van der Waals surface area contributed by atoms with Gasteiger partial charge in [0.1, 0.15) is 11.5 Å². The van der Waals surface area contributed by atoms with E-state index < -0.39 is 0 Å². The molecular formula is C19H20BrN2O2S+. The van der Waals surface area contributed by atoms with Crippen LogP contribution in [0, 0.1) is 0 Å². The maximum Gasteiger partial charge on any atom is 0.263 e. The van der Waals surface area contributed by atoms with Crippen LogP contribution in [0.4, 0.5) is 0 Å². The maximum atomic E-state index is 12.3. The molecule has 0 unspecified atom stereocenters. The van der Waals surface area contributed by atoms with Crippen molar-refractivity contribution in [2.75, 3.05) is 13.1 Å². The molecule has 6 heteroatoms. The van der Waals surface area contributed by atoms with Crippen molar-refractivity contribution in [2.45, 2.75) is 24.8 Å². The van der Waals surface area contributed by atoms with Gasteiger partial charge in [0.2, 0.25) is 5.50 Å². The molecule has 2 saturated heterocycles. The van der Waals surface area contributed by atoms with Crippen molar-refractivity contribution in [1.29, 1.82) is 0 Å². The van der Waals surface area contributed by atoms with Gasteiger partial charge in [-0.15, -0.1) is 0 Å². The summed E-state index contributed by atoms with van der Waals surface area (Å²) >= 11 is 5.06. The highest BCUT2D eigenvalue weighted by Gasteiger charge is 2.35. The van der Waals surface area contributed by atoms with Crippen LogP contribution in [0.15, 0.2) is 50.2 Å². The molecule has 2 N–H and O–H groups in total. The summed E-state index contributed by atoms with van der Waals surface area (Å²) in [6, 6.07) is 11.9. The third-order valence-electron chi connectivity index (χ3n) is 4.63. The standard InChI is InChI=1S/C19H19BrN2O2S/c20-14-6-4-13(5-7-14)16-9-8-15(24-16)12-17-18(23)21-19(25-17)22-10-2-1-3-11-22/h4-9,12,19H,1-3,10-11H2,(H,21,23)/p+1/b17-12+/t19-/m1/s1. The van der Waals surface area contributed by atoms with Gasteiger partial charge in [-0.1, -0.05) is 28.1 Å². The second-order valence-electron chi connectivity index (χ2n) is 6.41. The predicted molar refractivity (Wildman–Crippen MR) is 104 cm³/mol. The molecule has 2 aliphatic heterocycles. The normalized spacial score (nSPS) is 23.2. The van der Waals surface area contributed by atoms with E-state index in [-0.39, 0.29) is 11.4 Å². The number of quaternary nitrogens is 1. The molecule has 3 heterocycles. The predicted octanol–water partition coefficient (Wildman–Crippen LogP) is 3.27. The number of carbonyl (C=O) groups is 1. The first-order valence-electron chi connectivity index (χ1n) is 8.59. The Morgan fingerprint density at radius 1 is 1.12 bits per heavy atom. The number of thioether (sulfide) groups is 1. The third kappa shape index (κ3) is 3.86. The van der Waals surface area contributed by atoms with E-state index in [9.17, 15) is 4.79 Å². The summed E-state index contributed by atoms with van der Waals surface area (Å²) in [5.74, 6) is 1.53. The van der Waals surface area contributed by atoms with E-state index in [1.807, 2.05) is 42.5 Å². The van der Waals surface area contributed by atoms with Gasteiger partial charge in [0.25, 0.3) is 5.91 Å². The SMILES string of the molecule is O=C1N[C@H]([NH+]2CCCCC2)S/C1=C/c1ccc(-c2ccc(Br)cc2)o1. The fourth-order valence-electron chi connectivity index (χ4n) is 3.28. The number of amides is 1. The fourth-order valence-corrected chi connectivity index (χ4v) is 4.72. The number of benzene rings is 1. The van der Waals surface area contributed by atoms with E-state index in [0.29, 0.717) is 5.76 Å². The molecule has 1 atom stereocenters. The van der Waals surface area contributed by atoms with Crippen LogP contribution in [0.5, 0.6) is 0 Å².